The van der Waals surface area contributed by atoms with Gasteiger partial charge in [0.15, 0.2) is 5.75 Å². The van der Waals surface area contributed by atoms with Crippen LogP contribution in [0.25, 0.3) is 0 Å². The lowest BCUT2D eigenvalue weighted by Crippen LogP contribution is -2.37. The maximum atomic E-state index is 12.3. The van der Waals surface area contributed by atoms with E-state index in [9.17, 15) is 9.59 Å². The lowest BCUT2D eigenvalue weighted by molar-refractivity contribution is -0.131. The predicted molar refractivity (Wildman–Crippen MR) is 81.5 cm³/mol. The number of aromatic nitrogens is 1. The Hall–Kier alpha value is -1.78. The Balaban J connectivity index is 2.04. The molecule has 1 amide bonds. The summed E-state index contributed by atoms with van der Waals surface area (Å²) in [6, 6.07) is 3.41. The Kier molecular flexibility index (Phi) is 5.84. The smallest absolute Gasteiger partial charge is 0.293 e. The van der Waals surface area contributed by atoms with Crippen LogP contribution in [0.4, 0.5) is 0 Å². The van der Waals surface area contributed by atoms with Gasteiger partial charge in [-0.3, -0.25) is 9.59 Å². The molecule has 1 aromatic heterocycles. The molecular formula is C16H24N2O3. The van der Waals surface area contributed by atoms with E-state index >= 15 is 0 Å². The minimum absolute atomic E-state index is 0.0200. The second-order valence-electron chi connectivity index (χ2n) is 5.45. The molecule has 0 saturated carbocycles. The van der Waals surface area contributed by atoms with Crippen molar-refractivity contribution in [3.63, 3.8) is 0 Å². The van der Waals surface area contributed by atoms with Crippen molar-refractivity contribution >= 4 is 5.91 Å². The largest absolute Gasteiger partial charge is 0.488 e. The summed E-state index contributed by atoms with van der Waals surface area (Å²) >= 11 is 0. The second kappa shape index (κ2) is 7.86. The number of hydrogen-bond donors (Lipinski definition) is 0. The van der Waals surface area contributed by atoms with Crippen molar-refractivity contribution in [3.8, 4) is 5.75 Å². The molecule has 0 aromatic carbocycles. The Morgan fingerprint density at radius 3 is 2.62 bits per heavy atom. The molecule has 21 heavy (non-hydrogen) atoms. The quantitative estimate of drug-likeness (QED) is 0.834. The van der Waals surface area contributed by atoms with Crippen LogP contribution in [0.5, 0.6) is 5.75 Å². The Morgan fingerprint density at radius 1 is 1.24 bits per heavy atom. The SMILES string of the molecule is CCCOc1cccn(CC(=O)N2CCCCCC2)c1=O. The third kappa shape index (κ3) is 4.34. The van der Waals surface area contributed by atoms with E-state index in [1.165, 1.54) is 17.4 Å². The highest BCUT2D eigenvalue weighted by Crippen LogP contribution is 2.10. The number of pyridine rings is 1. The van der Waals surface area contributed by atoms with E-state index in [0.29, 0.717) is 12.4 Å². The number of carbonyl (C=O) groups is 1. The third-order valence-electron chi connectivity index (χ3n) is 3.71. The van der Waals surface area contributed by atoms with Crippen LogP contribution in [0.1, 0.15) is 39.0 Å². The van der Waals surface area contributed by atoms with Gasteiger partial charge in [-0.1, -0.05) is 19.8 Å². The molecule has 0 N–H and O–H groups in total. The maximum Gasteiger partial charge on any atom is 0.293 e. The third-order valence-corrected chi connectivity index (χ3v) is 3.71. The monoisotopic (exact) mass is 292 g/mol. The zero-order valence-electron chi connectivity index (χ0n) is 12.7. The minimum atomic E-state index is -0.228. The van der Waals surface area contributed by atoms with Gasteiger partial charge in [0.1, 0.15) is 6.54 Å². The second-order valence-corrected chi connectivity index (χ2v) is 5.45. The molecule has 0 atom stereocenters. The van der Waals surface area contributed by atoms with Crippen molar-refractivity contribution in [1.82, 2.24) is 9.47 Å². The van der Waals surface area contributed by atoms with E-state index in [4.69, 9.17) is 4.74 Å². The van der Waals surface area contributed by atoms with Crippen molar-refractivity contribution in [2.24, 2.45) is 0 Å². The molecule has 1 aliphatic heterocycles. The number of rotatable bonds is 5. The van der Waals surface area contributed by atoms with Crippen molar-refractivity contribution in [2.75, 3.05) is 19.7 Å². The standard InChI is InChI=1S/C16H24N2O3/c1-2-12-21-14-8-7-11-18(16(14)20)13-15(19)17-9-5-3-4-6-10-17/h7-8,11H,2-6,9-10,12-13H2,1H3. The number of hydrogen-bond acceptors (Lipinski definition) is 3. The highest BCUT2D eigenvalue weighted by atomic mass is 16.5. The Morgan fingerprint density at radius 2 is 1.95 bits per heavy atom. The summed E-state index contributed by atoms with van der Waals surface area (Å²) in [5, 5.41) is 0. The van der Waals surface area contributed by atoms with Crippen LogP contribution in [0, 0.1) is 0 Å². The van der Waals surface area contributed by atoms with Gasteiger partial charge in [-0.15, -0.1) is 0 Å². The highest BCUT2D eigenvalue weighted by molar-refractivity contribution is 5.76. The molecule has 5 heteroatoms. The number of carbonyl (C=O) groups excluding carboxylic acids is 1. The fourth-order valence-corrected chi connectivity index (χ4v) is 2.53. The molecule has 5 nitrogen and oxygen atoms in total. The molecule has 1 fully saturated rings. The molecule has 0 bridgehead atoms. The summed E-state index contributed by atoms with van der Waals surface area (Å²) in [6.45, 7) is 4.21. The molecule has 0 aliphatic carbocycles. The van der Waals surface area contributed by atoms with Crippen molar-refractivity contribution in [3.05, 3.63) is 28.7 Å². The van der Waals surface area contributed by atoms with Crippen molar-refractivity contribution in [1.29, 1.82) is 0 Å². The topological polar surface area (TPSA) is 51.5 Å². The Bertz CT molecular complexity index is 516. The van der Waals surface area contributed by atoms with E-state index in [1.54, 1.807) is 18.3 Å². The van der Waals surface area contributed by atoms with Crippen LogP contribution >= 0.6 is 0 Å². The average molecular weight is 292 g/mol. The van der Waals surface area contributed by atoms with E-state index < -0.39 is 0 Å². The molecule has 0 spiro atoms. The van der Waals surface area contributed by atoms with Gasteiger partial charge in [0.05, 0.1) is 6.61 Å². The molecule has 0 unspecified atom stereocenters. The summed E-state index contributed by atoms with van der Waals surface area (Å²) in [4.78, 5) is 26.4. The van der Waals surface area contributed by atoms with Gasteiger partial charge in [0.25, 0.3) is 5.56 Å². The van der Waals surface area contributed by atoms with Crippen LogP contribution in [-0.2, 0) is 11.3 Å². The molecule has 2 rings (SSSR count). The first-order valence-electron chi connectivity index (χ1n) is 7.82. The first-order chi connectivity index (χ1) is 10.2. The summed E-state index contributed by atoms with van der Waals surface area (Å²) in [7, 11) is 0. The summed E-state index contributed by atoms with van der Waals surface area (Å²) in [6.07, 6.45) is 6.98. The lowest BCUT2D eigenvalue weighted by Gasteiger charge is -2.20. The molecule has 0 radical (unpaired) electrons. The Labute approximate surface area is 125 Å². The van der Waals surface area contributed by atoms with Crippen LogP contribution < -0.4 is 10.3 Å². The molecule has 2 heterocycles. The normalized spacial score (nSPS) is 15.6. The number of ether oxygens (including phenoxy) is 1. The molecule has 1 aromatic rings. The molecule has 116 valence electrons. The van der Waals surface area contributed by atoms with E-state index in [1.807, 2.05) is 11.8 Å². The van der Waals surface area contributed by atoms with Gasteiger partial charge < -0.3 is 14.2 Å². The average Bonchev–Trinajstić information content (AvgIpc) is 2.77. The molecule has 1 saturated heterocycles. The first-order valence-corrected chi connectivity index (χ1v) is 7.82. The predicted octanol–water partition coefficient (Wildman–Crippen LogP) is 2.04. The zero-order valence-corrected chi connectivity index (χ0v) is 12.7. The maximum absolute atomic E-state index is 12.3. The van der Waals surface area contributed by atoms with Gasteiger partial charge >= 0.3 is 0 Å². The fraction of sp³-hybridized carbons (Fsp3) is 0.625. The van der Waals surface area contributed by atoms with Gasteiger partial charge in [-0.2, -0.15) is 0 Å². The van der Waals surface area contributed by atoms with Gasteiger partial charge in [0.2, 0.25) is 5.91 Å². The first kappa shape index (κ1) is 15.6. The van der Waals surface area contributed by atoms with Gasteiger partial charge in [-0.25, -0.2) is 0 Å². The van der Waals surface area contributed by atoms with Crippen molar-refractivity contribution in [2.45, 2.75) is 45.6 Å². The summed E-state index contributed by atoms with van der Waals surface area (Å²) in [5.41, 5.74) is -0.228. The van der Waals surface area contributed by atoms with Crippen LogP contribution in [0.2, 0.25) is 0 Å². The van der Waals surface area contributed by atoms with Gasteiger partial charge in [0, 0.05) is 19.3 Å². The van der Waals surface area contributed by atoms with E-state index in [-0.39, 0.29) is 18.0 Å². The minimum Gasteiger partial charge on any atom is -0.488 e. The zero-order chi connectivity index (χ0) is 15.1. The van der Waals surface area contributed by atoms with Crippen LogP contribution in [0.3, 0.4) is 0 Å². The van der Waals surface area contributed by atoms with E-state index in [0.717, 1.165) is 32.4 Å². The fourth-order valence-electron chi connectivity index (χ4n) is 2.53. The molecular weight excluding hydrogens is 268 g/mol. The van der Waals surface area contributed by atoms with Crippen LogP contribution in [-0.4, -0.2) is 35.1 Å². The number of likely N-dealkylation sites (tertiary alicyclic amines) is 1. The number of amides is 1. The highest BCUT2D eigenvalue weighted by Gasteiger charge is 2.16. The molecule has 1 aliphatic rings. The van der Waals surface area contributed by atoms with E-state index in [2.05, 4.69) is 0 Å². The van der Waals surface area contributed by atoms with Crippen molar-refractivity contribution < 1.29 is 9.53 Å². The van der Waals surface area contributed by atoms with Gasteiger partial charge in [-0.05, 0) is 31.4 Å². The summed E-state index contributed by atoms with van der Waals surface area (Å²) < 4.78 is 6.86. The number of nitrogens with zero attached hydrogens (tertiary/aromatic N) is 2. The summed E-state index contributed by atoms with van der Waals surface area (Å²) in [5.74, 6) is 0.342. The van der Waals surface area contributed by atoms with Crippen LogP contribution in [0.15, 0.2) is 23.1 Å². The lowest BCUT2D eigenvalue weighted by atomic mass is 10.2.